The molecule has 0 atom stereocenters. The lowest BCUT2D eigenvalue weighted by Gasteiger charge is -2.09. The summed E-state index contributed by atoms with van der Waals surface area (Å²) in [6.07, 6.45) is 0. The van der Waals surface area contributed by atoms with Gasteiger partial charge in [-0.05, 0) is 46.8 Å². The number of benzene rings is 2. The first kappa shape index (κ1) is 15.9. The first-order chi connectivity index (χ1) is 10.8. The molecule has 0 spiro atoms. The summed E-state index contributed by atoms with van der Waals surface area (Å²) in [6.45, 7) is 0. The Balaban J connectivity index is 2.13. The largest absolute Gasteiger partial charge is 0.323 e. The average Bonchev–Trinajstić information content (AvgIpc) is 2.45. The maximum absolute atomic E-state index is 11.3. The van der Waals surface area contributed by atoms with Gasteiger partial charge in [0.05, 0.1) is 4.90 Å². The molecule has 0 aliphatic carbocycles. The molecule has 0 amide bonds. The number of anilines is 2. The van der Waals surface area contributed by atoms with E-state index in [-0.39, 0.29) is 21.4 Å². The molecule has 0 saturated carbocycles. The van der Waals surface area contributed by atoms with Crippen molar-refractivity contribution in [2.45, 2.75) is 4.90 Å². The molecular weight excluding hydrogens is 363 g/mol. The summed E-state index contributed by atoms with van der Waals surface area (Å²) in [6, 6.07) is 9.50. The Bertz CT molecular complexity index is 991. The Morgan fingerprint density at radius 2 is 1.70 bits per heavy atom. The van der Waals surface area contributed by atoms with Crippen LogP contribution in [0.25, 0.3) is 10.8 Å². The van der Waals surface area contributed by atoms with Crippen LogP contribution < -0.4 is 5.32 Å². The molecule has 2 N–H and O–H groups in total. The number of halogens is 2. The van der Waals surface area contributed by atoms with Crippen molar-refractivity contribution in [3.05, 3.63) is 47.0 Å². The highest BCUT2D eigenvalue weighted by Crippen LogP contribution is 2.28. The second kappa shape index (κ2) is 5.89. The number of fused-ring (bicyclic) bond motifs is 1. The van der Waals surface area contributed by atoms with E-state index < -0.39 is 10.1 Å². The summed E-state index contributed by atoms with van der Waals surface area (Å²) in [5.74, 6) is 0.111. The third-order valence-corrected chi connectivity index (χ3v) is 4.17. The molecule has 7 nitrogen and oxygen atoms in total. The second-order valence-corrected chi connectivity index (χ2v) is 6.58. The number of rotatable bonds is 3. The Hall–Kier alpha value is -2.00. The fourth-order valence-corrected chi connectivity index (χ4v) is 2.89. The van der Waals surface area contributed by atoms with Gasteiger partial charge < -0.3 is 5.32 Å². The monoisotopic (exact) mass is 370 g/mol. The van der Waals surface area contributed by atoms with Crippen LogP contribution in [0, 0.1) is 0 Å². The predicted octanol–water partition coefficient (Wildman–Crippen LogP) is 3.32. The Kier molecular flexibility index (Phi) is 4.07. The molecule has 10 heteroatoms. The molecule has 23 heavy (non-hydrogen) atoms. The summed E-state index contributed by atoms with van der Waals surface area (Å²) in [5.41, 5.74) is 0.520. The fraction of sp³-hybridized carbons (Fsp3) is 0. The number of hydrogen-bond acceptors (Lipinski definition) is 6. The van der Waals surface area contributed by atoms with Crippen LogP contribution in [-0.4, -0.2) is 27.9 Å². The van der Waals surface area contributed by atoms with Crippen molar-refractivity contribution in [3.8, 4) is 0 Å². The van der Waals surface area contributed by atoms with Crippen molar-refractivity contribution in [1.82, 2.24) is 15.0 Å². The summed E-state index contributed by atoms with van der Waals surface area (Å²) < 4.78 is 31.8. The lowest BCUT2D eigenvalue weighted by atomic mass is 10.1. The number of nitrogens with zero attached hydrogens (tertiary/aromatic N) is 3. The fourth-order valence-electron chi connectivity index (χ4n) is 2.02. The maximum atomic E-state index is 11.3. The van der Waals surface area contributed by atoms with Crippen LogP contribution in [0.2, 0.25) is 10.6 Å². The minimum absolute atomic E-state index is 0.0774. The van der Waals surface area contributed by atoms with E-state index in [0.29, 0.717) is 11.1 Å². The number of nitrogens with one attached hydrogen (secondary N) is 1. The Morgan fingerprint density at radius 1 is 1.00 bits per heavy atom. The van der Waals surface area contributed by atoms with Crippen LogP contribution in [0.3, 0.4) is 0 Å². The van der Waals surface area contributed by atoms with Crippen molar-refractivity contribution < 1.29 is 13.0 Å². The molecule has 1 heterocycles. The van der Waals surface area contributed by atoms with Gasteiger partial charge in [-0.2, -0.15) is 23.4 Å². The van der Waals surface area contributed by atoms with E-state index in [9.17, 15) is 13.0 Å². The van der Waals surface area contributed by atoms with Gasteiger partial charge in [-0.1, -0.05) is 18.2 Å². The van der Waals surface area contributed by atoms with Gasteiger partial charge in [0.25, 0.3) is 10.1 Å². The normalized spacial score (nSPS) is 11.6. The van der Waals surface area contributed by atoms with Crippen LogP contribution in [0.5, 0.6) is 0 Å². The number of aromatic nitrogens is 3. The molecule has 0 unspecified atom stereocenters. The summed E-state index contributed by atoms with van der Waals surface area (Å²) >= 11 is 11.4. The van der Waals surface area contributed by atoms with Crippen LogP contribution in [-0.2, 0) is 10.1 Å². The van der Waals surface area contributed by atoms with Crippen molar-refractivity contribution in [2.24, 2.45) is 0 Å². The van der Waals surface area contributed by atoms with Gasteiger partial charge in [0, 0.05) is 11.1 Å². The van der Waals surface area contributed by atoms with E-state index in [1.54, 1.807) is 24.3 Å². The molecule has 0 bridgehead atoms. The van der Waals surface area contributed by atoms with Crippen molar-refractivity contribution in [2.75, 3.05) is 5.32 Å². The third-order valence-electron chi connectivity index (χ3n) is 2.98. The zero-order valence-corrected chi connectivity index (χ0v) is 13.6. The molecule has 118 valence electrons. The smallest absolute Gasteiger partial charge is 0.294 e. The molecule has 0 aliphatic rings. The van der Waals surface area contributed by atoms with E-state index in [1.807, 2.05) is 0 Å². The highest BCUT2D eigenvalue weighted by molar-refractivity contribution is 7.85. The van der Waals surface area contributed by atoms with Crippen LogP contribution >= 0.6 is 23.2 Å². The standard InChI is InChI=1S/C13H8Cl2N4O3S/c14-11-17-12(15)19-13(18-11)16-10-3-1-2-7-4-5-8(6-9(7)10)23(20,21)22/h1-6H,(H,20,21,22)(H,16,17,18,19). The van der Waals surface area contributed by atoms with E-state index in [2.05, 4.69) is 20.3 Å². The minimum atomic E-state index is -4.31. The average molecular weight is 371 g/mol. The van der Waals surface area contributed by atoms with Crippen LogP contribution in [0.15, 0.2) is 41.3 Å². The molecular formula is C13H8Cl2N4O3S. The molecule has 3 aromatic rings. The zero-order valence-electron chi connectivity index (χ0n) is 11.2. The van der Waals surface area contributed by atoms with Gasteiger partial charge >= 0.3 is 0 Å². The Labute approximate surface area is 141 Å². The van der Waals surface area contributed by atoms with Gasteiger partial charge in [0.2, 0.25) is 16.5 Å². The van der Waals surface area contributed by atoms with Gasteiger partial charge in [-0.3, -0.25) is 4.55 Å². The van der Waals surface area contributed by atoms with Gasteiger partial charge in [0.15, 0.2) is 0 Å². The maximum Gasteiger partial charge on any atom is 0.294 e. The van der Waals surface area contributed by atoms with E-state index in [1.165, 1.54) is 12.1 Å². The van der Waals surface area contributed by atoms with Crippen molar-refractivity contribution >= 4 is 55.7 Å². The quantitative estimate of drug-likeness (QED) is 0.681. The lowest BCUT2D eigenvalue weighted by Crippen LogP contribution is -2.01. The van der Waals surface area contributed by atoms with Gasteiger partial charge in [-0.15, -0.1) is 0 Å². The molecule has 1 aromatic heterocycles. The molecule has 0 saturated heterocycles. The predicted molar refractivity (Wildman–Crippen MR) is 86.9 cm³/mol. The molecule has 0 fully saturated rings. The van der Waals surface area contributed by atoms with E-state index >= 15 is 0 Å². The molecule has 0 radical (unpaired) electrons. The third kappa shape index (κ3) is 3.50. The van der Waals surface area contributed by atoms with Crippen molar-refractivity contribution in [3.63, 3.8) is 0 Å². The first-order valence-corrected chi connectivity index (χ1v) is 8.37. The van der Waals surface area contributed by atoms with Crippen molar-refractivity contribution in [1.29, 1.82) is 0 Å². The zero-order chi connectivity index (χ0) is 16.6. The van der Waals surface area contributed by atoms with Crippen LogP contribution in [0.1, 0.15) is 0 Å². The Morgan fingerprint density at radius 3 is 2.35 bits per heavy atom. The topological polar surface area (TPSA) is 105 Å². The first-order valence-electron chi connectivity index (χ1n) is 6.17. The highest BCUT2D eigenvalue weighted by Gasteiger charge is 2.12. The SMILES string of the molecule is O=S(=O)(O)c1ccc2cccc(Nc3nc(Cl)nc(Cl)n3)c2c1. The summed E-state index contributed by atoms with van der Waals surface area (Å²) in [5, 5.41) is 4.05. The summed E-state index contributed by atoms with van der Waals surface area (Å²) in [7, 11) is -4.31. The summed E-state index contributed by atoms with van der Waals surface area (Å²) in [4.78, 5) is 11.2. The molecule has 2 aromatic carbocycles. The van der Waals surface area contributed by atoms with Gasteiger partial charge in [0.1, 0.15) is 0 Å². The van der Waals surface area contributed by atoms with E-state index in [0.717, 1.165) is 5.39 Å². The minimum Gasteiger partial charge on any atom is -0.323 e. The van der Waals surface area contributed by atoms with E-state index in [4.69, 9.17) is 23.2 Å². The molecule has 0 aliphatic heterocycles. The molecule has 3 rings (SSSR count). The lowest BCUT2D eigenvalue weighted by molar-refractivity contribution is 0.483. The second-order valence-electron chi connectivity index (χ2n) is 4.49. The van der Waals surface area contributed by atoms with Gasteiger partial charge in [-0.25, -0.2) is 0 Å². The highest BCUT2D eigenvalue weighted by atomic mass is 35.5. The number of hydrogen-bond donors (Lipinski definition) is 2. The van der Waals surface area contributed by atoms with Crippen LogP contribution in [0.4, 0.5) is 11.6 Å².